The fraction of sp³-hybridized carbons (Fsp3) is 0.211. The van der Waals surface area contributed by atoms with Crippen LogP contribution < -0.4 is 0 Å². The van der Waals surface area contributed by atoms with Crippen LogP contribution in [0.15, 0.2) is 47.1 Å². The van der Waals surface area contributed by atoms with Crippen molar-refractivity contribution >= 4 is 0 Å². The SMILES string of the molecule is C[C@@H](c1nc(-c2ccc(C#Cc3cccc(F)c3)cn2)no1)N(C)C. The molecule has 0 aliphatic rings. The number of halogens is 1. The normalized spacial score (nSPS) is 11.9. The number of pyridine rings is 1. The smallest absolute Gasteiger partial charge is 0.244 e. The van der Waals surface area contributed by atoms with E-state index < -0.39 is 0 Å². The van der Waals surface area contributed by atoms with Crippen molar-refractivity contribution in [1.29, 1.82) is 0 Å². The molecule has 0 saturated carbocycles. The molecule has 0 spiro atoms. The maximum absolute atomic E-state index is 13.1. The Kier molecular flexibility index (Phi) is 4.87. The van der Waals surface area contributed by atoms with Gasteiger partial charge in [0, 0.05) is 17.3 Å². The Morgan fingerprint density at radius 2 is 1.92 bits per heavy atom. The molecule has 5 nitrogen and oxygen atoms in total. The van der Waals surface area contributed by atoms with Gasteiger partial charge in [0.15, 0.2) is 0 Å². The van der Waals surface area contributed by atoms with Gasteiger partial charge in [-0.05, 0) is 51.4 Å². The Labute approximate surface area is 145 Å². The van der Waals surface area contributed by atoms with Gasteiger partial charge in [0.25, 0.3) is 0 Å². The van der Waals surface area contributed by atoms with Crippen LogP contribution in [-0.4, -0.2) is 34.1 Å². The zero-order valence-corrected chi connectivity index (χ0v) is 14.2. The van der Waals surface area contributed by atoms with E-state index in [4.69, 9.17) is 4.52 Å². The van der Waals surface area contributed by atoms with Crippen molar-refractivity contribution in [1.82, 2.24) is 20.0 Å². The van der Waals surface area contributed by atoms with Crippen LogP contribution in [0.3, 0.4) is 0 Å². The predicted octanol–water partition coefficient (Wildman–Crippen LogP) is 3.29. The molecule has 6 heteroatoms. The number of hydrogen-bond donors (Lipinski definition) is 0. The lowest BCUT2D eigenvalue weighted by Gasteiger charge is -2.14. The lowest BCUT2D eigenvalue weighted by atomic mass is 10.2. The second-order valence-corrected chi connectivity index (χ2v) is 5.79. The third-order valence-electron chi connectivity index (χ3n) is 3.74. The highest BCUT2D eigenvalue weighted by Crippen LogP contribution is 2.19. The second kappa shape index (κ2) is 7.24. The van der Waals surface area contributed by atoms with Gasteiger partial charge in [0.05, 0.1) is 6.04 Å². The topological polar surface area (TPSA) is 55.1 Å². The highest BCUT2D eigenvalue weighted by molar-refractivity contribution is 5.50. The molecule has 3 aromatic rings. The molecule has 0 saturated heterocycles. The van der Waals surface area contributed by atoms with Gasteiger partial charge in [0.2, 0.25) is 11.7 Å². The van der Waals surface area contributed by atoms with E-state index in [-0.39, 0.29) is 11.9 Å². The number of aromatic nitrogens is 3. The molecule has 0 amide bonds. The van der Waals surface area contributed by atoms with Crippen LogP contribution in [0.1, 0.15) is 30.0 Å². The summed E-state index contributed by atoms with van der Waals surface area (Å²) in [6, 6.07) is 9.79. The molecular formula is C19H17FN4O. The van der Waals surface area contributed by atoms with E-state index in [1.165, 1.54) is 12.1 Å². The first-order chi connectivity index (χ1) is 12.0. The van der Waals surface area contributed by atoms with Crippen molar-refractivity contribution in [2.24, 2.45) is 0 Å². The number of rotatable bonds is 3. The van der Waals surface area contributed by atoms with E-state index in [0.717, 1.165) is 5.56 Å². The minimum Gasteiger partial charge on any atom is -0.337 e. The molecule has 0 aliphatic heterocycles. The highest BCUT2D eigenvalue weighted by atomic mass is 19.1. The lowest BCUT2D eigenvalue weighted by molar-refractivity contribution is 0.245. The van der Waals surface area contributed by atoms with Gasteiger partial charge in [-0.15, -0.1) is 0 Å². The molecule has 0 unspecified atom stereocenters. The molecule has 1 aromatic carbocycles. The molecule has 126 valence electrons. The average molecular weight is 336 g/mol. The van der Waals surface area contributed by atoms with E-state index in [1.807, 2.05) is 32.0 Å². The highest BCUT2D eigenvalue weighted by Gasteiger charge is 2.17. The van der Waals surface area contributed by atoms with Crippen LogP contribution in [0.25, 0.3) is 11.5 Å². The molecule has 0 N–H and O–H groups in total. The lowest BCUT2D eigenvalue weighted by Crippen LogP contribution is -2.16. The molecule has 0 fully saturated rings. The Morgan fingerprint density at radius 1 is 1.12 bits per heavy atom. The van der Waals surface area contributed by atoms with Crippen molar-refractivity contribution in [2.45, 2.75) is 13.0 Å². The zero-order valence-electron chi connectivity index (χ0n) is 14.2. The molecule has 25 heavy (non-hydrogen) atoms. The van der Waals surface area contributed by atoms with E-state index >= 15 is 0 Å². The second-order valence-electron chi connectivity index (χ2n) is 5.79. The van der Waals surface area contributed by atoms with Gasteiger partial charge >= 0.3 is 0 Å². The van der Waals surface area contributed by atoms with Crippen LogP contribution >= 0.6 is 0 Å². The van der Waals surface area contributed by atoms with Gasteiger partial charge in [-0.3, -0.25) is 9.88 Å². The summed E-state index contributed by atoms with van der Waals surface area (Å²) in [7, 11) is 3.89. The molecule has 0 bridgehead atoms. The number of hydrogen-bond acceptors (Lipinski definition) is 5. The monoisotopic (exact) mass is 336 g/mol. The Morgan fingerprint density at radius 3 is 2.60 bits per heavy atom. The molecule has 1 atom stereocenters. The summed E-state index contributed by atoms with van der Waals surface area (Å²) in [5.41, 5.74) is 1.94. The summed E-state index contributed by atoms with van der Waals surface area (Å²) >= 11 is 0. The van der Waals surface area contributed by atoms with E-state index in [1.54, 1.807) is 24.4 Å². The third kappa shape index (κ3) is 4.08. The molecule has 2 aromatic heterocycles. The molecule has 0 radical (unpaired) electrons. The zero-order chi connectivity index (χ0) is 17.8. The van der Waals surface area contributed by atoms with Crippen LogP contribution in [0.4, 0.5) is 4.39 Å². The molecule has 0 aliphatic carbocycles. The summed E-state index contributed by atoms with van der Waals surface area (Å²) in [4.78, 5) is 10.7. The number of benzene rings is 1. The van der Waals surface area contributed by atoms with Gasteiger partial charge in [-0.1, -0.05) is 23.1 Å². The first-order valence-electron chi connectivity index (χ1n) is 7.77. The maximum Gasteiger partial charge on any atom is 0.244 e. The predicted molar refractivity (Wildman–Crippen MR) is 92.0 cm³/mol. The van der Waals surface area contributed by atoms with E-state index in [0.29, 0.717) is 23.0 Å². The minimum atomic E-state index is -0.305. The minimum absolute atomic E-state index is 0.0256. The van der Waals surface area contributed by atoms with Gasteiger partial charge in [-0.25, -0.2) is 4.39 Å². The van der Waals surface area contributed by atoms with Gasteiger partial charge < -0.3 is 4.52 Å². The van der Waals surface area contributed by atoms with Gasteiger partial charge in [0.1, 0.15) is 11.5 Å². The first-order valence-corrected chi connectivity index (χ1v) is 7.77. The number of nitrogens with zero attached hydrogens (tertiary/aromatic N) is 4. The maximum atomic E-state index is 13.1. The molecule has 3 rings (SSSR count). The first kappa shape index (κ1) is 16.8. The Bertz CT molecular complexity index is 922. The standard InChI is InChI=1S/C19H17FN4O/c1-13(24(2)3)19-22-18(23-25-19)17-10-9-15(12-21-17)8-7-14-5-4-6-16(20)11-14/h4-6,9-13H,1-3H3/t13-/m0/s1. The summed E-state index contributed by atoms with van der Waals surface area (Å²) < 4.78 is 18.4. The molecular weight excluding hydrogens is 319 g/mol. The van der Waals surface area contributed by atoms with Crippen LogP contribution in [-0.2, 0) is 0 Å². The van der Waals surface area contributed by atoms with Crippen LogP contribution in [0.5, 0.6) is 0 Å². The van der Waals surface area contributed by atoms with Crippen molar-refractivity contribution < 1.29 is 8.91 Å². The van der Waals surface area contributed by atoms with E-state index in [2.05, 4.69) is 27.0 Å². The van der Waals surface area contributed by atoms with E-state index in [9.17, 15) is 4.39 Å². The Hall–Kier alpha value is -3.04. The fourth-order valence-electron chi connectivity index (χ4n) is 2.04. The average Bonchev–Trinajstić information content (AvgIpc) is 3.09. The third-order valence-corrected chi connectivity index (χ3v) is 3.74. The van der Waals surface area contributed by atoms with Gasteiger partial charge in [-0.2, -0.15) is 4.98 Å². The van der Waals surface area contributed by atoms with Crippen molar-refractivity contribution in [2.75, 3.05) is 14.1 Å². The summed E-state index contributed by atoms with van der Waals surface area (Å²) in [5, 5.41) is 3.97. The van der Waals surface area contributed by atoms with Crippen LogP contribution in [0.2, 0.25) is 0 Å². The van der Waals surface area contributed by atoms with Crippen LogP contribution in [0, 0.1) is 17.7 Å². The molecule has 2 heterocycles. The van der Waals surface area contributed by atoms with Crippen molar-refractivity contribution in [3.63, 3.8) is 0 Å². The summed E-state index contributed by atoms with van der Waals surface area (Å²) in [6.07, 6.45) is 1.63. The Balaban J connectivity index is 1.77. The quantitative estimate of drug-likeness (QED) is 0.687. The summed E-state index contributed by atoms with van der Waals surface area (Å²) in [5.74, 6) is 6.53. The van der Waals surface area contributed by atoms with Crippen molar-refractivity contribution in [3.05, 3.63) is 65.4 Å². The summed E-state index contributed by atoms with van der Waals surface area (Å²) in [6.45, 7) is 1.98. The fourth-order valence-corrected chi connectivity index (χ4v) is 2.04. The largest absolute Gasteiger partial charge is 0.337 e. The van der Waals surface area contributed by atoms with Crippen molar-refractivity contribution in [3.8, 4) is 23.4 Å².